The molecule has 1 amide bonds. The highest BCUT2D eigenvalue weighted by Gasteiger charge is 2.33. The van der Waals surface area contributed by atoms with E-state index in [2.05, 4.69) is 0 Å². The first-order chi connectivity index (χ1) is 12.6. The Morgan fingerprint density at radius 2 is 1.85 bits per heavy atom. The van der Waals surface area contributed by atoms with Crippen LogP contribution < -0.4 is 0 Å². The maximum absolute atomic E-state index is 12.5. The van der Waals surface area contributed by atoms with Gasteiger partial charge in [0.1, 0.15) is 6.61 Å². The first kappa shape index (κ1) is 18.2. The molecule has 2 aromatic carbocycles. The zero-order valence-electron chi connectivity index (χ0n) is 14.3. The Bertz CT molecular complexity index is 787. The molecule has 0 unspecified atom stereocenters. The van der Waals surface area contributed by atoms with Gasteiger partial charge in [0.2, 0.25) is 0 Å². The van der Waals surface area contributed by atoms with E-state index in [-0.39, 0.29) is 12.4 Å². The number of ketones is 1. The van der Waals surface area contributed by atoms with E-state index in [0.29, 0.717) is 18.0 Å². The van der Waals surface area contributed by atoms with Crippen LogP contribution in [-0.2, 0) is 16.1 Å². The number of nitrogens with zero attached hydrogens (tertiary/aromatic N) is 1. The molecule has 134 valence electrons. The monoisotopic (exact) mass is 369 g/mol. The van der Waals surface area contributed by atoms with E-state index in [4.69, 9.17) is 16.3 Å². The molecule has 3 rings (SSSR count). The normalized spacial score (nSPS) is 16.8. The zero-order valence-corrected chi connectivity index (χ0v) is 15.1. The summed E-state index contributed by atoms with van der Waals surface area (Å²) >= 11 is 5.86. The van der Waals surface area contributed by atoms with E-state index in [9.17, 15) is 9.59 Å². The minimum absolute atomic E-state index is 0.0888. The fourth-order valence-corrected chi connectivity index (χ4v) is 3.07. The molecule has 0 bridgehead atoms. The first-order valence-corrected chi connectivity index (χ1v) is 8.96. The number of rotatable bonds is 5. The second-order valence-corrected chi connectivity index (χ2v) is 6.62. The van der Waals surface area contributed by atoms with Crippen LogP contribution in [0.1, 0.15) is 24.0 Å². The molecule has 1 aliphatic rings. The number of hydrogen-bond donors (Lipinski definition) is 0. The van der Waals surface area contributed by atoms with Gasteiger partial charge in [-0.15, -0.1) is 0 Å². The summed E-state index contributed by atoms with van der Waals surface area (Å²) in [6, 6.07) is 16.3. The molecule has 1 saturated heterocycles. The van der Waals surface area contributed by atoms with Crippen LogP contribution in [0.25, 0.3) is 6.08 Å². The minimum Gasteiger partial charge on any atom is -0.445 e. The third kappa shape index (κ3) is 4.73. The lowest BCUT2D eigenvalue weighted by molar-refractivity contribution is -0.118. The number of amides is 1. The number of benzene rings is 2. The van der Waals surface area contributed by atoms with Crippen molar-refractivity contribution < 1.29 is 14.3 Å². The summed E-state index contributed by atoms with van der Waals surface area (Å²) in [6.07, 6.45) is 4.28. The molecule has 2 aromatic rings. The topological polar surface area (TPSA) is 46.6 Å². The van der Waals surface area contributed by atoms with Crippen LogP contribution in [0.2, 0.25) is 5.02 Å². The molecule has 1 aliphatic heterocycles. The number of ether oxygens (including phenoxy) is 1. The Hall–Kier alpha value is -2.59. The molecule has 1 heterocycles. The van der Waals surface area contributed by atoms with Crippen molar-refractivity contribution in [2.24, 2.45) is 0 Å². The van der Waals surface area contributed by atoms with Crippen molar-refractivity contribution >= 4 is 29.6 Å². The van der Waals surface area contributed by atoms with Gasteiger partial charge in [0.05, 0.1) is 6.04 Å². The van der Waals surface area contributed by atoms with Crippen molar-refractivity contribution in [3.05, 3.63) is 76.8 Å². The second kappa shape index (κ2) is 8.68. The molecule has 5 heteroatoms. The highest BCUT2D eigenvalue weighted by atomic mass is 35.5. The van der Waals surface area contributed by atoms with Crippen LogP contribution in [0.4, 0.5) is 4.79 Å². The quantitative estimate of drug-likeness (QED) is 0.716. The van der Waals surface area contributed by atoms with Gasteiger partial charge in [0.15, 0.2) is 5.78 Å². The number of halogens is 1. The smallest absolute Gasteiger partial charge is 0.410 e. The summed E-state index contributed by atoms with van der Waals surface area (Å²) < 4.78 is 5.36. The summed E-state index contributed by atoms with van der Waals surface area (Å²) in [5, 5.41) is 0.650. The SMILES string of the molecule is O=C(C=Cc1ccc(Cl)cc1)[C@H]1CCCN1C(=O)OCc1ccccc1. The van der Waals surface area contributed by atoms with Crippen LogP contribution in [0.15, 0.2) is 60.7 Å². The standard InChI is InChI=1S/C21H20ClNO3/c22-18-11-8-16(9-12-18)10-13-20(24)19-7-4-14-23(19)21(25)26-15-17-5-2-1-3-6-17/h1-3,5-6,8-13,19H,4,7,14-15H2/t19-/m1/s1. The van der Waals surface area contributed by atoms with Crippen molar-refractivity contribution in [3.63, 3.8) is 0 Å². The molecule has 0 radical (unpaired) electrons. The van der Waals surface area contributed by atoms with Crippen molar-refractivity contribution in [2.75, 3.05) is 6.54 Å². The summed E-state index contributed by atoms with van der Waals surface area (Å²) in [4.78, 5) is 26.4. The number of hydrogen-bond acceptors (Lipinski definition) is 3. The van der Waals surface area contributed by atoms with Gasteiger partial charge in [0, 0.05) is 11.6 Å². The number of likely N-dealkylation sites (tertiary alicyclic amines) is 1. The average molecular weight is 370 g/mol. The number of carbonyl (C=O) groups is 2. The van der Waals surface area contributed by atoms with Crippen molar-refractivity contribution in [2.45, 2.75) is 25.5 Å². The van der Waals surface area contributed by atoms with Gasteiger partial charge in [-0.3, -0.25) is 9.69 Å². The Kier molecular flexibility index (Phi) is 6.08. The van der Waals surface area contributed by atoms with Crippen LogP contribution >= 0.6 is 11.6 Å². The lowest BCUT2D eigenvalue weighted by atomic mass is 10.1. The molecule has 0 N–H and O–H groups in total. The lowest BCUT2D eigenvalue weighted by Gasteiger charge is -2.22. The van der Waals surface area contributed by atoms with Gasteiger partial charge in [-0.05, 0) is 42.2 Å². The second-order valence-electron chi connectivity index (χ2n) is 6.18. The third-order valence-electron chi connectivity index (χ3n) is 4.33. The van der Waals surface area contributed by atoms with Crippen LogP contribution in [0, 0.1) is 0 Å². The fraction of sp³-hybridized carbons (Fsp3) is 0.238. The van der Waals surface area contributed by atoms with Gasteiger partial charge in [0.25, 0.3) is 0 Å². The zero-order chi connectivity index (χ0) is 18.4. The Labute approximate surface area is 158 Å². The molecular formula is C21H20ClNO3. The highest BCUT2D eigenvalue weighted by molar-refractivity contribution is 6.30. The predicted molar refractivity (Wildman–Crippen MR) is 102 cm³/mol. The molecule has 1 fully saturated rings. The molecule has 0 aliphatic carbocycles. The van der Waals surface area contributed by atoms with Crippen molar-refractivity contribution in [1.82, 2.24) is 4.90 Å². The summed E-state index contributed by atoms with van der Waals surface area (Å²) in [7, 11) is 0. The van der Waals surface area contributed by atoms with E-state index >= 15 is 0 Å². The van der Waals surface area contributed by atoms with E-state index in [1.807, 2.05) is 42.5 Å². The van der Waals surface area contributed by atoms with Crippen LogP contribution in [0.3, 0.4) is 0 Å². The maximum Gasteiger partial charge on any atom is 0.410 e. The molecule has 0 spiro atoms. The van der Waals surface area contributed by atoms with Gasteiger partial charge in [-0.2, -0.15) is 0 Å². The molecular weight excluding hydrogens is 350 g/mol. The van der Waals surface area contributed by atoms with Crippen LogP contribution in [-0.4, -0.2) is 29.4 Å². The van der Waals surface area contributed by atoms with E-state index in [1.54, 1.807) is 18.2 Å². The highest BCUT2D eigenvalue weighted by Crippen LogP contribution is 2.21. The van der Waals surface area contributed by atoms with Crippen molar-refractivity contribution in [1.29, 1.82) is 0 Å². The molecule has 0 saturated carbocycles. The Morgan fingerprint density at radius 3 is 2.58 bits per heavy atom. The van der Waals surface area contributed by atoms with Crippen molar-refractivity contribution in [3.8, 4) is 0 Å². The Balaban J connectivity index is 1.58. The first-order valence-electron chi connectivity index (χ1n) is 8.58. The van der Waals surface area contributed by atoms with E-state index in [1.165, 1.54) is 11.0 Å². The van der Waals surface area contributed by atoms with Gasteiger partial charge >= 0.3 is 6.09 Å². The average Bonchev–Trinajstić information content (AvgIpc) is 3.16. The van der Waals surface area contributed by atoms with E-state index in [0.717, 1.165) is 17.5 Å². The Morgan fingerprint density at radius 1 is 1.12 bits per heavy atom. The summed E-state index contributed by atoms with van der Waals surface area (Å²) in [5.74, 6) is -0.0888. The van der Waals surface area contributed by atoms with Crippen LogP contribution in [0.5, 0.6) is 0 Å². The third-order valence-corrected chi connectivity index (χ3v) is 4.58. The molecule has 0 aromatic heterocycles. The predicted octanol–water partition coefficient (Wildman–Crippen LogP) is 4.72. The van der Waals surface area contributed by atoms with Gasteiger partial charge in [-0.1, -0.05) is 60.1 Å². The van der Waals surface area contributed by atoms with Gasteiger partial charge < -0.3 is 4.74 Å². The minimum atomic E-state index is -0.457. The summed E-state index contributed by atoms with van der Waals surface area (Å²) in [6.45, 7) is 0.747. The molecule has 4 nitrogen and oxygen atoms in total. The number of carbonyl (C=O) groups excluding carboxylic acids is 2. The summed E-state index contributed by atoms with van der Waals surface area (Å²) in [5.41, 5.74) is 1.81. The van der Waals surface area contributed by atoms with Gasteiger partial charge in [-0.25, -0.2) is 4.79 Å². The van der Waals surface area contributed by atoms with E-state index < -0.39 is 12.1 Å². The maximum atomic E-state index is 12.5. The molecule has 26 heavy (non-hydrogen) atoms. The largest absolute Gasteiger partial charge is 0.445 e. The lowest BCUT2D eigenvalue weighted by Crippen LogP contribution is -2.40. The molecule has 1 atom stereocenters. The fourth-order valence-electron chi connectivity index (χ4n) is 2.95.